The maximum atomic E-state index is 6.52. The largest absolute Gasteiger partial charge is 0.455 e. The molecule has 4 nitrogen and oxygen atoms in total. The van der Waals surface area contributed by atoms with Crippen molar-refractivity contribution >= 4 is 60.9 Å². The van der Waals surface area contributed by atoms with E-state index in [2.05, 4.69) is 108 Å². The summed E-state index contributed by atoms with van der Waals surface area (Å²) in [4.78, 5) is 7.37. The van der Waals surface area contributed by atoms with E-state index in [1.54, 1.807) is 0 Å². The molecule has 4 heteroatoms. The Morgan fingerprint density at radius 2 is 1.13 bits per heavy atom. The SMILES string of the molecule is c1ccc(-c2nc3c(N(c4ccccc4)c4ccc(-c5cccc6c5oc5ccccc56)cc4)cc4ccccc4c3o2)cc1. The number of aromatic nitrogens is 1. The molecule has 45 heavy (non-hydrogen) atoms. The number of benzene rings is 7. The highest BCUT2D eigenvalue weighted by Gasteiger charge is 2.22. The summed E-state index contributed by atoms with van der Waals surface area (Å²) in [5.74, 6) is 0.602. The van der Waals surface area contributed by atoms with Gasteiger partial charge in [-0.3, -0.25) is 0 Å². The van der Waals surface area contributed by atoms with Crippen LogP contribution in [-0.4, -0.2) is 4.98 Å². The smallest absolute Gasteiger partial charge is 0.227 e. The van der Waals surface area contributed by atoms with Gasteiger partial charge in [0.05, 0.1) is 5.69 Å². The molecule has 0 radical (unpaired) electrons. The Kier molecular flexibility index (Phi) is 5.78. The fraction of sp³-hybridized carbons (Fsp3) is 0. The maximum Gasteiger partial charge on any atom is 0.227 e. The van der Waals surface area contributed by atoms with Crippen LogP contribution in [0, 0.1) is 0 Å². The van der Waals surface area contributed by atoms with Crippen molar-refractivity contribution in [1.82, 2.24) is 4.98 Å². The number of rotatable bonds is 5. The van der Waals surface area contributed by atoms with Crippen LogP contribution in [0.5, 0.6) is 0 Å². The van der Waals surface area contributed by atoms with Gasteiger partial charge in [-0.25, -0.2) is 4.98 Å². The van der Waals surface area contributed by atoms with Gasteiger partial charge in [0.1, 0.15) is 16.7 Å². The lowest BCUT2D eigenvalue weighted by atomic mass is 10.0. The predicted octanol–water partition coefficient (Wildman–Crippen LogP) is 11.7. The molecule has 0 spiro atoms. The molecule has 7 aromatic carbocycles. The summed E-state index contributed by atoms with van der Waals surface area (Å²) >= 11 is 0. The standard InChI is InChI=1S/C41H26N2O2/c1-3-12-28(13-4-1)41-42-38-36(26-29-14-7-8-17-33(29)40(38)45-41)43(30-15-5-2-6-16-30)31-24-22-27(23-25-31)32-19-11-20-35-34-18-9-10-21-37(34)44-39(32)35/h1-26H. The molecule has 2 heterocycles. The van der Waals surface area contributed by atoms with Gasteiger partial charge in [-0.2, -0.15) is 0 Å². The van der Waals surface area contributed by atoms with E-state index in [0.717, 1.165) is 77.6 Å². The van der Waals surface area contributed by atoms with Gasteiger partial charge in [0.2, 0.25) is 5.89 Å². The van der Waals surface area contributed by atoms with Crippen LogP contribution in [0.25, 0.3) is 66.4 Å². The minimum absolute atomic E-state index is 0.602. The molecular weight excluding hydrogens is 552 g/mol. The lowest BCUT2D eigenvalue weighted by Gasteiger charge is -2.26. The van der Waals surface area contributed by atoms with Crippen LogP contribution >= 0.6 is 0 Å². The first-order chi connectivity index (χ1) is 22.3. The third-order valence-electron chi connectivity index (χ3n) is 8.48. The summed E-state index contributed by atoms with van der Waals surface area (Å²) < 4.78 is 12.9. The van der Waals surface area contributed by atoms with Gasteiger partial charge < -0.3 is 13.7 Å². The zero-order chi connectivity index (χ0) is 29.7. The molecule has 0 N–H and O–H groups in total. The number of hydrogen-bond donors (Lipinski definition) is 0. The van der Waals surface area contributed by atoms with E-state index in [-0.39, 0.29) is 0 Å². The van der Waals surface area contributed by atoms with Crippen LogP contribution in [0.2, 0.25) is 0 Å². The molecule has 0 amide bonds. The van der Waals surface area contributed by atoms with Crippen LogP contribution in [0.4, 0.5) is 17.1 Å². The van der Waals surface area contributed by atoms with Crippen molar-refractivity contribution in [3.8, 4) is 22.6 Å². The third kappa shape index (κ3) is 4.19. The lowest BCUT2D eigenvalue weighted by molar-refractivity contribution is 0.623. The Bertz CT molecular complexity index is 2480. The molecule has 0 aliphatic rings. The number of para-hydroxylation sites is 3. The van der Waals surface area contributed by atoms with Crippen molar-refractivity contribution in [2.75, 3.05) is 4.90 Å². The molecular formula is C41H26N2O2. The number of furan rings is 1. The number of anilines is 3. The van der Waals surface area contributed by atoms with Gasteiger partial charge in [-0.15, -0.1) is 0 Å². The molecule has 0 aliphatic carbocycles. The first-order valence-electron chi connectivity index (χ1n) is 15.1. The second-order valence-corrected chi connectivity index (χ2v) is 11.2. The summed E-state index contributed by atoms with van der Waals surface area (Å²) in [5, 5.41) is 4.37. The van der Waals surface area contributed by atoms with Gasteiger partial charge in [0.15, 0.2) is 5.58 Å². The molecule has 212 valence electrons. The maximum absolute atomic E-state index is 6.52. The van der Waals surface area contributed by atoms with Crippen molar-refractivity contribution < 1.29 is 8.83 Å². The molecule has 0 saturated carbocycles. The van der Waals surface area contributed by atoms with E-state index in [4.69, 9.17) is 13.8 Å². The van der Waals surface area contributed by atoms with Gasteiger partial charge in [-0.05, 0) is 59.5 Å². The van der Waals surface area contributed by atoms with E-state index in [0.29, 0.717) is 5.89 Å². The van der Waals surface area contributed by atoms with Crippen LogP contribution in [0.3, 0.4) is 0 Å². The Morgan fingerprint density at radius 3 is 1.96 bits per heavy atom. The molecule has 9 aromatic rings. The molecule has 0 aliphatic heterocycles. The van der Waals surface area contributed by atoms with Crippen molar-refractivity contribution in [3.63, 3.8) is 0 Å². The Balaban J connectivity index is 1.23. The molecule has 0 bridgehead atoms. The van der Waals surface area contributed by atoms with Gasteiger partial charge in [0, 0.05) is 38.7 Å². The highest BCUT2D eigenvalue weighted by Crippen LogP contribution is 2.44. The van der Waals surface area contributed by atoms with Crippen LogP contribution in [0.15, 0.2) is 167 Å². The first kappa shape index (κ1) is 25.4. The molecule has 0 unspecified atom stereocenters. The van der Waals surface area contributed by atoms with E-state index in [1.165, 1.54) is 0 Å². The number of fused-ring (bicyclic) bond motifs is 6. The van der Waals surface area contributed by atoms with E-state index >= 15 is 0 Å². The predicted molar refractivity (Wildman–Crippen MR) is 184 cm³/mol. The second kappa shape index (κ2) is 10.2. The fourth-order valence-electron chi connectivity index (χ4n) is 6.37. The highest BCUT2D eigenvalue weighted by molar-refractivity contribution is 6.12. The summed E-state index contributed by atoms with van der Waals surface area (Å²) in [6.45, 7) is 0. The zero-order valence-electron chi connectivity index (χ0n) is 24.2. The number of hydrogen-bond acceptors (Lipinski definition) is 4. The minimum atomic E-state index is 0.602. The lowest BCUT2D eigenvalue weighted by Crippen LogP contribution is -2.10. The summed E-state index contributed by atoms with van der Waals surface area (Å²) in [6.07, 6.45) is 0. The van der Waals surface area contributed by atoms with Gasteiger partial charge in [0.25, 0.3) is 0 Å². The minimum Gasteiger partial charge on any atom is -0.455 e. The number of nitrogens with zero attached hydrogens (tertiary/aromatic N) is 2. The average molecular weight is 579 g/mol. The Morgan fingerprint density at radius 1 is 0.467 bits per heavy atom. The molecule has 9 rings (SSSR count). The molecule has 0 fully saturated rings. The highest BCUT2D eigenvalue weighted by atomic mass is 16.3. The molecule has 0 saturated heterocycles. The quantitative estimate of drug-likeness (QED) is 0.204. The van der Waals surface area contributed by atoms with Crippen molar-refractivity contribution in [1.29, 1.82) is 0 Å². The monoisotopic (exact) mass is 578 g/mol. The average Bonchev–Trinajstić information content (AvgIpc) is 3.73. The van der Waals surface area contributed by atoms with Crippen LogP contribution in [0.1, 0.15) is 0 Å². The second-order valence-electron chi connectivity index (χ2n) is 11.2. The number of oxazole rings is 1. The van der Waals surface area contributed by atoms with E-state index in [1.807, 2.05) is 54.6 Å². The summed E-state index contributed by atoms with van der Waals surface area (Å²) in [5.41, 5.74) is 9.49. The van der Waals surface area contributed by atoms with Gasteiger partial charge >= 0.3 is 0 Å². The molecule has 0 atom stereocenters. The van der Waals surface area contributed by atoms with Crippen molar-refractivity contribution in [2.24, 2.45) is 0 Å². The summed E-state index contributed by atoms with van der Waals surface area (Å²) in [7, 11) is 0. The Hall–Kier alpha value is -6.13. The third-order valence-corrected chi connectivity index (χ3v) is 8.48. The van der Waals surface area contributed by atoms with Crippen molar-refractivity contribution in [3.05, 3.63) is 158 Å². The zero-order valence-corrected chi connectivity index (χ0v) is 24.2. The fourth-order valence-corrected chi connectivity index (χ4v) is 6.37. The van der Waals surface area contributed by atoms with Crippen LogP contribution < -0.4 is 4.90 Å². The van der Waals surface area contributed by atoms with Crippen molar-refractivity contribution in [2.45, 2.75) is 0 Å². The Labute approximate surface area is 259 Å². The topological polar surface area (TPSA) is 42.4 Å². The molecule has 2 aromatic heterocycles. The first-order valence-corrected chi connectivity index (χ1v) is 15.1. The van der Waals surface area contributed by atoms with Crippen LogP contribution in [-0.2, 0) is 0 Å². The van der Waals surface area contributed by atoms with Gasteiger partial charge in [-0.1, -0.05) is 109 Å². The van der Waals surface area contributed by atoms with E-state index in [9.17, 15) is 0 Å². The van der Waals surface area contributed by atoms with E-state index < -0.39 is 0 Å². The normalized spacial score (nSPS) is 11.6. The summed E-state index contributed by atoms with van der Waals surface area (Å²) in [6, 6.07) is 54.3.